The summed E-state index contributed by atoms with van der Waals surface area (Å²) in [6.07, 6.45) is 0. The molecule has 0 saturated carbocycles. The second kappa shape index (κ2) is 5.44. The van der Waals surface area contributed by atoms with Crippen molar-refractivity contribution in [2.45, 2.75) is 13.5 Å². The Kier molecular flexibility index (Phi) is 3.92. The van der Waals surface area contributed by atoms with Gasteiger partial charge in [0.05, 0.1) is 0 Å². The van der Waals surface area contributed by atoms with Crippen LogP contribution in [-0.4, -0.2) is 12.2 Å². The smallest absolute Gasteiger partial charge is 0.115 e. The molecule has 3 heteroatoms. The first-order valence-corrected chi connectivity index (χ1v) is 6.61. The number of anilines is 1. The topological polar surface area (TPSA) is 23.5 Å². The summed E-state index contributed by atoms with van der Waals surface area (Å²) < 4.78 is 1.01. The van der Waals surface area contributed by atoms with E-state index in [1.54, 1.807) is 12.1 Å². The summed E-state index contributed by atoms with van der Waals surface area (Å²) in [6.45, 7) is 2.83. The zero-order valence-corrected chi connectivity index (χ0v) is 12.1. The van der Waals surface area contributed by atoms with E-state index in [2.05, 4.69) is 52.0 Å². The maximum Gasteiger partial charge on any atom is 0.115 e. The van der Waals surface area contributed by atoms with Crippen molar-refractivity contribution in [1.29, 1.82) is 0 Å². The average Bonchev–Trinajstić information content (AvgIpc) is 2.34. The van der Waals surface area contributed by atoms with Gasteiger partial charge in [-0.25, -0.2) is 0 Å². The highest BCUT2D eigenvalue weighted by molar-refractivity contribution is 9.10. The maximum absolute atomic E-state index is 9.53. The number of halogens is 1. The molecule has 1 N–H and O–H groups in total. The highest BCUT2D eigenvalue weighted by Crippen LogP contribution is 2.25. The lowest BCUT2D eigenvalue weighted by atomic mass is 10.1. The summed E-state index contributed by atoms with van der Waals surface area (Å²) in [6, 6.07) is 13.7. The lowest BCUT2D eigenvalue weighted by molar-refractivity contribution is 0.474. The van der Waals surface area contributed by atoms with Gasteiger partial charge >= 0.3 is 0 Å². The molecular formula is C15H16BrNO. The van der Waals surface area contributed by atoms with E-state index < -0.39 is 0 Å². The Morgan fingerprint density at radius 1 is 1.17 bits per heavy atom. The van der Waals surface area contributed by atoms with Crippen LogP contribution in [0.3, 0.4) is 0 Å². The van der Waals surface area contributed by atoms with Gasteiger partial charge in [-0.1, -0.05) is 28.1 Å². The van der Waals surface area contributed by atoms with Crippen LogP contribution >= 0.6 is 15.9 Å². The van der Waals surface area contributed by atoms with Gasteiger partial charge in [0.25, 0.3) is 0 Å². The molecule has 0 spiro atoms. The van der Waals surface area contributed by atoms with E-state index in [1.165, 1.54) is 11.3 Å². The van der Waals surface area contributed by atoms with Gasteiger partial charge in [-0.15, -0.1) is 0 Å². The first kappa shape index (κ1) is 13.0. The number of hydrogen-bond acceptors (Lipinski definition) is 2. The second-order valence-electron chi connectivity index (χ2n) is 4.47. The number of phenols is 1. The largest absolute Gasteiger partial charge is 0.508 e. The van der Waals surface area contributed by atoms with E-state index >= 15 is 0 Å². The average molecular weight is 306 g/mol. The highest BCUT2D eigenvalue weighted by Gasteiger charge is 2.06. The molecule has 0 aromatic heterocycles. The SMILES string of the molecule is Cc1cccc(N(C)Cc2cc(O)ccc2Br)c1. The number of nitrogens with zero attached hydrogens (tertiary/aromatic N) is 1. The number of phenolic OH excluding ortho intramolecular Hbond substituents is 1. The van der Waals surface area contributed by atoms with Crippen LogP contribution in [0.15, 0.2) is 46.9 Å². The first-order chi connectivity index (χ1) is 8.56. The Bertz CT molecular complexity index is 554. The zero-order chi connectivity index (χ0) is 13.1. The van der Waals surface area contributed by atoms with Gasteiger partial charge in [0, 0.05) is 23.8 Å². The van der Waals surface area contributed by atoms with Crippen molar-refractivity contribution in [3.63, 3.8) is 0 Å². The Labute approximate surface area is 116 Å². The normalized spacial score (nSPS) is 10.4. The minimum absolute atomic E-state index is 0.297. The molecule has 0 aliphatic carbocycles. The van der Waals surface area contributed by atoms with Crippen LogP contribution in [0.1, 0.15) is 11.1 Å². The van der Waals surface area contributed by atoms with E-state index in [0.717, 1.165) is 16.6 Å². The number of hydrogen-bond donors (Lipinski definition) is 1. The number of aromatic hydroxyl groups is 1. The molecule has 2 aromatic rings. The van der Waals surface area contributed by atoms with Crippen LogP contribution in [0.4, 0.5) is 5.69 Å². The van der Waals surface area contributed by atoms with Gasteiger partial charge in [-0.05, 0) is 48.4 Å². The molecule has 0 aliphatic rings. The zero-order valence-electron chi connectivity index (χ0n) is 10.5. The van der Waals surface area contributed by atoms with Crippen molar-refractivity contribution in [3.8, 4) is 5.75 Å². The van der Waals surface area contributed by atoms with E-state index in [1.807, 2.05) is 13.1 Å². The van der Waals surface area contributed by atoms with Gasteiger partial charge in [0.1, 0.15) is 5.75 Å². The first-order valence-electron chi connectivity index (χ1n) is 5.81. The molecule has 18 heavy (non-hydrogen) atoms. The maximum atomic E-state index is 9.53. The summed E-state index contributed by atoms with van der Waals surface area (Å²) >= 11 is 3.51. The van der Waals surface area contributed by atoms with Crippen molar-refractivity contribution in [2.75, 3.05) is 11.9 Å². The van der Waals surface area contributed by atoms with Crippen LogP contribution in [0, 0.1) is 6.92 Å². The van der Waals surface area contributed by atoms with Gasteiger partial charge in [0.15, 0.2) is 0 Å². The van der Waals surface area contributed by atoms with Crippen molar-refractivity contribution in [1.82, 2.24) is 0 Å². The fourth-order valence-corrected chi connectivity index (χ4v) is 2.27. The summed E-state index contributed by atoms with van der Waals surface area (Å²) in [7, 11) is 2.05. The van der Waals surface area contributed by atoms with Crippen molar-refractivity contribution >= 4 is 21.6 Å². The van der Waals surface area contributed by atoms with E-state index in [0.29, 0.717) is 5.75 Å². The minimum atomic E-state index is 0.297. The molecule has 0 bridgehead atoms. The molecule has 2 nitrogen and oxygen atoms in total. The summed E-state index contributed by atoms with van der Waals surface area (Å²) in [5, 5.41) is 9.53. The van der Waals surface area contributed by atoms with Gasteiger partial charge in [0.2, 0.25) is 0 Å². The third kappa shape index (κ3) is 3.05. The molecule has 94 valence electrons. The Morgan fingerprint density at radius 2 is 1.94 bits per heavy atom. The van der Waals surface area contributed by atoms with Crippen LogP contribution in [0.5, 0.6) is 5.75 Å². The van der Waals surface area contributed by atoms with Crippen molar-refractivity contribution in [2.24, 2.45) is 0 Å². The van der Waals surface area contributed by atoms with Crippen LogP contribution in [0.25, 0.3) is 0 Å². The van der Waals surface area contributed by atoms with E-state index in [4.69, 9.17) is 0 Å². The molecule has 2 rings (SSSR count). The van der Waals surface area contributed by atoms with Crippen LogP contribution in [-0.2, 0) is 6.54 Å². The summed E-state index contributed by atoms with van der Waals surface area (Å²) in [5.74, 6) is 0.297. The number of benzene rings is 2. The minimum Gasteiger partial charge on any atom is -0.508 e. The third-order valence-electron chi connectivity index (χ3n) is 2.88. The van der Waals surface area contributed by atoms with Crippen LogP contribution in [0.2, 0.25) is 0 Å². The lowest BCUT2D eigenvalue weighted by Crippen LogP contribution is -2.16. The number of aryl methyl sites for hydroxylation is 1. The fourth-order valence-electron chi connectivity index (χ4n) is 1.89. The van der Waals surface area contributed by atoms with E-state index in [9.17, 15) is 5.11 Å². The van der Waals surface area contributed by atoms with Gasteiger partial charge in [-0.2, -0.15) is 0 Å². The molecule has 0 atom stereocenters. The summed E-state index contributed by atoms with van der Waals surface area (Å²) in [4.78, 5) is 2.16. The summed E-state index contributed by atoms with van der Waals surface area (Å²) in [5.41, 5.74) is 3.48. The van der Waals surface area contributed by atoms with Crippen molar-refractivity contribution in [3.05, 3.63) is 58.1 Å². The molecular weight excluding hydrogens is 290 g/mol. The van der Waals surface area contributed by atoms with Crippen LogP contribution < -0.4 is 4.90 Å². The molecule has 0 fully saturated rings. The second-order valence-corrected chi connectivity index (χ2v) is 5.33. The molecule has 0 radical (unpaired) electrons. The standard InChI is InChI=1S/C15H16BrNO/c1-11-4-3-5-13(8-11)17(2)10-12-9-14(18)6-7-15(12)16/h3-9,18H,10H2,1-2H3. The Morgan fingerprint density at radius 3 is 2.67 bits per heavy atom. The lowest BCUT2D eigenvalue weighted by Gasteiger charge is -2.20. The molecule has 0 amide bonds. The third-order valence-corrected chi connectivity index (χ3v) is 3.65. The molecule has 0 heterocycles. The predicted octanol–water partition coefficient (Wildman–Crippen LogP) is 4.10. The molecule has 2 aromatic carbocycles. The predicted molar refractivity (Wildman–Crippen MR) is 79.1 cm³/mol. The quantitative estimate of drug-likeness (QED) is 0.923. The molecule has 0 aliphatic heterocycles. The monoisotopic (exact) mass is 305 g/mol. The molecule has 0 unspecified atom stereocenters. The van der Waals surface area contributed by atoms with Crippen molar-refractivity contribution < 1.29 is 5.11 Å². The Hall–Kier alpha value is -1.48. The fraction of sp³-hybridized carbons (Fsp3) is 0.200. The Balaban J connectivity index is 2.21. The van der Waals surface area contributed by atoms with Gasteiger partial charge < -0.3 is 10.0 Å². The highest BCUT2D eigenvalue weighted by atomic mass is 79.9. The molecule has 0 saturated heterocycles. The van der Waals surface area contributed by atoms with E-state index in [-0.39, 0.29) is 0 Å². The van der Waals surface area contributed by atoms with Gasteiger partial charge in [-0.3, -0.25) is 0 Å². The number of rotatable bonds is 3.